The maximum atomic E-state index is 5.97. The minimum atomic E-state index is 0.361. The van der Waals surface area contributed by atoms with Gasteiger partial charge < -0.3 is 15.4 Å². The van der Waals surface area contributed by atoms with Crippen LogP contribution < -0.4 is 10.6 Å². The first-order valence-corrected chi connectivity index (χ1v) is 9.62. The maximum Gasteiger partial charge on any atom is 0.191 e. The van der Waals surface area contributed by atoms with E-state index in [9.17, 15) is 0 Å². The van der Waals surface area contributed by atoms with Crippen molar-refractivity contribution < 1.29 is 4.74 Å². The van der Waals surface area contributed by atoms with E-state index in [0.717, 1.165) is 49.4 Å². The fourth-order valence-corrected chi connectivity index (χ4v) is 3.95. The zero-order valence-electron chi connectivity index (χ0n) is 14.2. The van der Waals surface area contributed by atoms with Gasteiger partial charge in [0.2, 0.25) is 0 Å². The molecule has 4 nitrogen and oxygen atoms in total. The lowest BCUT2D eigenvalue weighted by Crippen LogP contribution is -2.40. The molecule has 0 spiro atoms. The van der Waals surface area contributed by atoms with Crippen molar-refractivity contribution in [2.75, 3.05) is 33.4 Å². The first-order valence-electron chi connectivity index (χ1n) is 8.43. The molecule has 0 atom stereocenters. The number of guanidine groups is 1. The van der Waals surface area contributed by atoms with Gasteiger partial charge in [-0.25, -0.2) is 0 Å². The second-order valence-electron chi connectivity index (χ2n) is 6.17. The van der Waals surface area contributed by atoms with Gasteiger partial charge in [0.05, 0.1) is 4.34 Å². The van der Waals surface area contributed by atoms with Crippen LogP contribution >= 0.6 is 22.9 Å². The molecule has 1 aliphatic rings. The normalized spacial score (nSPS) is 16.9. The number of nitrogens with one attached hydrogen (secondary N) is 2. The molecule has 0 radical (unpaired) electrons. The molecule has 0 unspecified atom stereocenters. The van der Waals surface area contributed by atoms with Gasteiger partial charge in [0.15, 0.2) is 5.96 Å². The van der Waals surface area contributed by atoms with Crippen molar-refractivity contribution in [3.8, 4) is 0 Å². The quantitative estimate of drug-likeness (QED) is 0.523. The van der Waals surface area contributed by atoms with Crippen LogP contribution in [0.25, 0.3) is 0 Å². The van der Waals surface area contributed by atoms with Gasteiger partial charge in [-0.3, -0.25) is 4.99 Å². The predicted octanol–water partition coefficient (Wildman–Crippen LogP) is 3.71. The Morgan fingerprint density at radius 1 is 1.39 bits per heavy atom. The van der Waals surface area contributed by atoms with Gasteiger partial charge in [-0.2, -0.15) is 0 Å². The van der Waals surface area contributed by atoms with Crippen molar-refractivity contribution in [2.45, 2.75) is 39.0 Å². The minimum absolute atomic E-state index is 0.361. The van der Waals surface area contributed by atoms with Crippen LogP contribution in [-0.4, -0.2) is 39.3 Å². The second-order valence-corrected chi connectivity index (χ2v) is 7.97. The van der Waals surface area contributed by atoms with Crippen LogP contribution in [0.5, 0.6) is 0 Å². The van der Waals surface area contributed by atoms with Crippen molar-refractivity contribution in [3.05, 3.63) is 21.3 Å². The molecule has 0 saturated heterocycles. The molecule has 0 amide bonds. The molecule has 1 aromatic rings. The maximum absolute atomic E-state index is 5.97. The monoisotopic (exact) mass is 357 g/mol. The number of hydrogen-bond donors (Lipinski definition) is 2. The van der Waals surface area contributed by atoms with Crippen LogP contribution in [0, 0.1) is 5.41 Å². The fraction of sp³-hybridized carbons (Fsp3) is 0.706. The van der Waals surface area contributed by atoms with Crippen molar-refractivity contribution >= 4 is 28.9 Å². The number of methoxy groups -OCH3 is 1. The standard InChI is InChI=1S/C17H28ClN3OS/c1-3-19-16(20-11-7-14-5-6-15(18)23-14)21-13-17(8-4-9-17)10-12-22-2/h5-6H,3-4,7-13H2,1-2H3,(H2,19,20,21). The molecule has 1 saturated carbocycles. The Balaban J connectivity index is 1.81. The Labute approximate surface area is 148 Å². The lowest BCUT2D eigenvalue weighted by atomic mass is 9.67. The predicted molar refractivity (Wildman–Crippen MR) is 99.8 cm³/mol. The Morgan fingerprint density at radius 3 is 2.78 bits per heavy atom. The number of aliphatic imine (C=N–C) groups is 1. The molecule has 23 heavy (non-hydrogen) atoms. The molecule has 1 aliphatic carbocycles. The SMILES string of the molecule is CCNC(=NCC1(CCOC)CCC1)NCCc1ccc(Cl)s1. The van der Waals surface area contributed by atoms with E-state index in [-0.39, 0.29) is 0 Å². The van der Waals surface area contributed by atoms with Crippen LogP contribution in [-0.2, 0) is 11.2 Å². The molecule has 2 N–H and O–H groups in total. The largest absolute Gasteiger partial charge is 0.385 e. The zero-order chi connectivity index (χ0) is 16.5. The first kappa shape index (κ1) is 18.6. The van der Waals surface area contributed by atoms with E-state index in [2.05, 4.69) is 23.6 Å². The summed E-state index contributed by atoms with van der Waals surface area (Å²) in [5.41, 5.74) is 0.361. The van der Waals surface area contributed by atoms with Gasteiger partial charge in [-0.05, 0) is 50.2 Å². The van der Waals surface area contributed by atoms with E-state index in [4.69, 9.17) is 21.3 Å². The van der Waals surface area contributed by atoms with Gasteiger partial charge >= 0.3 is 0 Å². The van der Waals surface area contributed by atoms with Crippen molar-refractivity contribution in [2.24, 2.45) is 10.4 Å². The number of halogens is 1. The van der Waals surface area contributed by atoms with Crippen LogP contribution in [0.2, 0.25) is 4.34 Å². The van der Waals surface area contributed by atoms with Gasteiger partial charge in [0.25, 0.3) is 0 Å². The zero-order valence-corrected chi connectivity index (χ0v) is 15.7. The third kappa shape index (κ3) is 5.98. The molecule has 0 bridgehead atoms. The van der Waals surface area contributed by atoms with Crippen molar-refractivity contribution in [1.82, 2.24) is 10.6 Å². The average Bonchev–Trinajstić information content (AvgIpc) is 2.91. The lowest BCUT2D eigenvalue weighted by Gasteiger charge is -2.40. The molecular formula is C17H28ClN3OS. The summed E-state index contributed by atoms with van der Waals surface area (Å²) < 4.78 is 6.11. The van der Waals surface area contributed by atoms with Crippen LogP contribution in [0.3, 0.4) is 0 Å². The van der Waals surface area contributed by atoms with E-state index >= 15 is 0 Å². The second kappa shape index (κ2) is 9.50. The molecular weight excluding hydrogens is 330 g/mol. The fourth-order valence-electron chi connectivity index (χ4n) is 2.86. The number of nitrogens with zero attached hydrogens (tertiary/aromatic N) is 1. The molecule has 0 aromatic carbocycles. The number of ether oxygens (including phenoxy) is 1. The van der Waals surface area contributed by atoms with Gasteiger partial charge in [-0.15, -0.1) is 11.3 Å². The van der Waals surface area contributed by atoms with Crippen LogP contribution in [0.4, 0.5) is 0 Å². The third-order valence-corrected chi connectivity index (χ3v) is 5.75. The molecule has 6 heteroatoms. The third-order valence-electron chi connectivity index (χ3n) is 4.46. The number of hydrogen-bond acceptors (Lipinski definition) is 3. The van der Waals surface area contributed by atoms with Crippen molar-refractivity contribution in [1.29, 1.82) is 0 Å². The Morgan fingerprint density at radius 2 is 2.22 bits per heavy atom. The summed E-state index contributed by atoms with van der Waals surface area (Å²) in [4.78, 5) is 6.11. The van der Waals surface area contributed by atoms with Crippen LogP contribution in [0.15, 0.2) is 17.1 Å². The topological polar surface area (TPSA) is 45.7 Å². The summed E-state index contributed by atoms with van der Waals surface area (Å²) in [5, 5.41) is 6.76. The van der Waals surface area contributed by atoms with Crippen LogP contribution in [0.1, 0.15) is 37.5 Å². The van der Waals surface area contributed by atoms with Crippen molar-refractivity contribution in [3.63, 3.8) is 0 Å². The smallest absolute Gasteiger partial charge is 0.191 e. The molecule has 1 heterocycles. The highest BCUT2D eigenvalue weighted by atomic mass is 35.5. The van der Waals surface area contributed by atoms with E-state index in [1.165, 1.54) is 24.1 Å². The molecule has 1 aromatic heterocycles. The highest BCUT2D eigenvalue weighted by Gasteiger charge is 2.36. The summed E-state index contributed by atoms with van der Waals surface area (Å²) in [6.45, 7) is 5.56. The average molecular weight is 358 g/mol. The van der Waals surface area contributed by atoms with E-state index in [0.29, 0.717) is 5.41 Å². The molecule has 130 valence electrons. The summed E-state index contributed by atoms with van der Waals surface area (Å²) in [7, 11) is 1.78. The van der Waals surface area contributed by atoms with E-state index < -0.39 is 0 Å². The van der Waals surface area contributed by atoms with Gasteiger partial charge in [-0.1, -0.05) is 18.0 Å². The summed E-state index contributed by atoms with van der Waals surface area (Å²) in [6, 6.07) is 4.05. The van der Waals surface area contributed by atoms with Gasteiger partial charge in [0.1, 0.15) is 0 Å². The Bertz CT molecular complexity index is 500. The van der Waals surface area contributed by atoms with E-state index in [1.807, 2.05) is 6.07 Å². The van der Waals surface area contributed by atoms with E-state index in [1.54, 1.807) is 18.4 Å². The highest BCUT2D eigenvalue weighted by Crippen LogP contribution is 2.44. The Hall–Kier alpha value is -0.780. The number of thiophene rings is 1. The summed E-state index contributed by atoms with van der Waals surface area (Å²) in [5.74, 6) is 0.916. The highest BCUT2D eigenvalue weighted by molar-refractivity contribution is 7.16. The summed E-state index contributed by atoms with van der Waals surface area (Å²) in [6.07, 6.45) is 5.94. The minimum Gasteiger partial charge on any atom is -0.385 e. The summed E-state index contributed by atoms with van der Waals surface area (Å²) >= 11 is 7.61. The Kier molecular flexibility index (Phi) is 7.66. The molecule has 1 fully saturated rings. The molecule has 2 rings (SSSR count). The first-order chi connectivity index (χ1) is 11.2. The molecule has 0 aliphatic heterocycles. The van der Waals surface area contributed by atoms with Gasteiger partial charge in [0, 0.05) is 38.2 Å². The number of rotatable bonds is 9. The lowest BCUT2D eigenvalue weighted by molar-refractivity contribution is 0.0778.